The Kier molecular flexibility index (Phi) is 9.97. The van der Waals surface area contributed by atoms with Crippen LogP contribution < -0.4 is 0 Å². The van der Waals surface area contributed by atoms with E-state index in [4.69, 9.17) is 0 Å². The Morgan fingerprint density at radius 3 is 1.24 bits per heavy atom. The van der Waals surface area contributed by atoms with Gasteiger partial charge in [0.2, 0.25) is 0 Å². The molecule has 0 aliphatic carbocycles. The Labute approximate surface area is 111 Å². The van der Waals surface area contributed by atoms with Crippen LogP contribution in [0, 0.1) is 23.7 Å². The van der Waals surface area contributed by atoms with Crippen LogP contribution in [0.25, 0.3) is 0 Å². The number of hydrogen-bond acceptors (Lipinski definition) is 0. The minimum Gasteiger partial charge on any atom is -0.0651 e. The van der Waals surface area contributed by atoms with Crippen LogP contribution in [-0.2, 0) is 0 Å². The van der Waals surface area contributed by atoms with Gasteiger partial charge in [0.15, 0.2) is 0 Å². The molecule has 0 heteroatoms. The summed E-state index contributed by atoms with van der Waals surface area (Å²) in [5.74, 6) is 3.67. The molecule has 17 heavy (non-hydrogen) atoms. The van der Waals surface area contributed by atoms with E-state index in [2.05, 4.69) is 41.5 Å². The Balaban J connectivity index is 3.51. The fourth-order valence-electron chi connectivity index (χ4n) is 2.25. The zero-order valence-corrected chi connectivity index (χ0v) is 13.3. The molecule has 0 bridgehead atoms. The smallest absolute Gasteiger partial charge is 0.0443 e. The molecule has 104 valence electrons. The molecule has 0 N–H and O–H groups in total. The second-order valence-corrected chi connectivity index (χ2v) is 6.85. The van der Waals surface area contributed by atoms with Crippen molar-refractivity contribution in [3.05, 3.63) is 0 Å². The van der Waals surface area contributed by atoms with E-state index in [0.717, 1.165) is 23.7 Å². The van der Waals surface area contributed by atoms with Crippen molar-refractivity contribution < 1.29 is 0 Å². The first kappa shape index (κ1) is 17.0. The van der Waals surface area contributed by atoms with E-state index in [-0.39, 0.29) is 0 Å². The summed E-state index contributed by atoms with van der Waals surface area (Å²) in [7, 11) is 0. The second kappa shape index (κ2) is 9.97. The van der Waals surface area contributed by atoms with Gasteiger partial charge in [-0.3, -0.25) is 0 Å². The normalized spacial score (nSPS) is 17.1. The average molecular weight is 240 g/mol. The molecule has 0 spiro atoms. The summed E-state index contributed by atoms with van der Waals surface area (Å²) in [4.78, 5) is 0. The van der Waals surface area contributed by atoms with E-state index in [1.807, 2.05) is 0 Å². The summed E-state index contributed by atoms with van der Waals surface area (Å²) in [6, 6.07) is 0. The van der Waals surface area contributed by atoms with Crippen LogP contribution in [0.4, 0.5) is 0 Å². The molecule has 0 saturated heterocycles. The van der Waals surface area contributed by atoms with E-state index >= 15 is 0 Å². The van der Waals surface area contributed by atoms with Crippen LogP contribution in [0.3, 0.4) is 0 Å². The molecule has 3 atom stereocenters. The number of hydrogen-bond donors (Lipinski definition) is 0. The minimum atomic E-state index is 0.875. The highest BCUT2D eigenvalue weighted by molar-refractivity contribution is 4.61. The lowest BCUT2D eigenvalue weighted by Gasteiger charge is -2.17. The van der Waals surface area contributed by atoms with Gasteiger partial charge in [0, 0.05) is 0 Å². The molecule has 0 nitrogen and oxygen atoms in total. The van der Waals surface area contributed by atoms with Crippen LogP contribution in [0.15, 0.2) is 0 Å². The van der Waals surface area contributed by atoms with Gasteiger partial charge in [-0.1, -0.05) is 86.5 Å². The zero-order chi connectivity index (χ0) is 13.3. The van der Waals surface area contributed by atoms with Crippen LogP contribution >= 0.6 is 0 Å². The molecule has 0 radical (unpaired) electrons. The second-order valence-electron chi connectivity index (χ2n) is 6.85. The van der Waals surface area contributed by atoms with Crippen molar-refractivity contribution in [1.29, 1.82) is 0 Å². The van der Waals surface area contributed by atoms with E-state index in [9.17, 15) is 0 Å². The van der Waals surface area contributed by atoms with E-state index in [0.29, 0.717) is 0 Å². The average Bonchev–Trinajstić information content (AvgIpc) is 2.30. The molecule has 0 aliphatic heterocycles. The van der Waals surface area contributed by atoms with E-state index in [1.54, 1.807) is 0 Å². The molecule has 0 aromatic heterocycles. The maximum absolute atomic E-state index is 2.44. The molecule has 0 aromatic rings. The first-order valence-corrected chi connectivity index (χ1v) is 7.95. The van der Waals surface area contributed by atoms with E-state index in [1.165, 1.54) is 44.9 Å². The molecule has 0 amide bonds. The third-order valence-electron chi connectivity index (χ3n) is 4.24. The predicted octanol–water partition coefficient (Wildman–Crippen LogP) is 6.30. The SMILES string of the molecule is CCC(C)CCC(C)CCC(C)CCC(C)C. The lowest BCUT2D eigenvalue weighted by atomic mass is 9.89. The van der Waals surface area contributed by atoms with Crippen molar-refractivity contribution in [2.45, 2.75) is 86.5 Å². The largest absolute Gasteiger partial charge is 0.0651 e. The molecule has 3 unspecified atom stereocenters. The molecule has 0 aromatic carbocycles. The third kappa shape index (κ3) is 10.9. The first-order valence-electron chi connectivity index (χ1n) is 7.95. The van der Waals surface area contributed by atoms with Crippen molar-refractivity contribution in [1.82, 2.24) is 0 Å². The van der Waals surface area contributed by atoms with Gasteiger partial charge in [-0.15, -0.1) is 0 Å². The highest BCUT2D eigenvalue weighted by Gasteiger charge is 2.09. The summed E-state index contributed by atoms with van der Waals surface area (Å²) in [5, 5.41) is 0. The van der Waals surface area contributed by atoms with Crippen molar-refractivity contribution in [2.24, 2.45) is 23.7 Å². The minimum absolute atomic E-state index is 0.875. The highest BCUT2D eigenvalue weighted by Crippen LogP contribution is 2.23. The first-order chi connectivity index (χ1) is 7.95. The Morgan fingerprint density at radius 2 is 0.882 bits per heavy atom. The molecule has 0 heterocycles. The van der Waals surface area contributed by atoms with Gasteiger partial charge in [-0.25, -0.2) is 0 Å². The van der Waals surface area contributed by atoms with Crippen molar-refractivity contribution >= 4 is 0 Å². The summed E-state index contributed by atoms with van der Waals surface area (Å²) in [6.45, 7) is 14.2. The van der Waals surface area contributed by atoms with Gasteiger partial charge in [-0.05, 0) is 23.7 Å². The molecule has 0 aliphatic rings. The fourth-order valence-corrected chi connectivity index (χ4v) is 2.25. The topological polar surface area (TPSA) is 0 Å². The molecule has 0 rings (SSSR count). The van der Waals surface area contributed by atoms with Gasteiger partial charge in [-0.2, -0.15) is 0 Å². The lowest BCUT2D eigenvalue weighted by Crippen LogP contribution is -2.04. The van der Waals surface area contributed by atoms with Gasteiger partial charge < -0.3 is 0 Å². The quantitative estimate of drug-likeness (QED) is 0.420. The van der Waals surface area contributed by atoms with Crippen molar-refractivity contribution in [3.63, 3.8) is 0 Å². The third-order valence-corrected chi connectivity index (χ3v) is 4.24. The van der Waals surface area contributed by atoms with Crippen LogP contribution in [0.1, 0.15) is 86.5 Å². The van der Waals surface area contributed by atoms with Crippen molar-refractivity contribution in [3.8, 4) is 0 Å². The maximum Gasteiger partial charge on any atom is -0.0443 e. The number of rotatable bonds is 10. The van der Waals surface area contributed by atoms with Gasteiger partial charge in [0.1, 0.15) is 0 Å². The molecule has 0 fully saturated rings. The fraction of sp³-hybridized carbons (Fsp3) is 1.00. The van der Waals surface area contributed by atoms with Crippen molar-refractivity contribution in [2.75, 3.05) is 0 Å². The Morgan fingerprint density at radius 1 is 0.529 bits per heavy atom. The summed E-state index contributed by atoms with van der Waals surface area (Å²) in [5.41, 5.74) is 0. The van der Waals surface area contributed by atoms with Crippen LogP contribution in [0.2, 0.25) is 0 Å². The van der Waals surface area contributed by atoms with Gasteiger partial charge in [0.05, 0.1) is 0 Å². The summed E-state index contributed by atoms with van der Waals surface area (Å²) in [6.07, 6.45) is 9.92. The summed E-state index contributed by atoms with van der Waals surface area (Å²) >= 11 is 0. The lowest BCUT2D eigenvalue weighted by molar-refractivity contribution is 0.352. The van der Waals surface area contributed by atoms with Gasteiger partial charge in [0.25, 0.3) is 0 Å². The molecular formula is C17H36. The van der Waals surface area contributed by atoms with E-state index < -0.39 is 0 Å². The zero-order valence-electron chi connectivity index (χ0n) is 13.3. The Bertz CT molecular complexity index is 159. The molecule has 0 saturated carbocycles. The van der Waals surface area contributed by atoms with Crippen LogP contribution in [0.5, 0.6) is 0 Å². The van der Waals surface area contributed by atoms with Gasteiger partial charge >= 0.3 is 0 Å². The monoisotopic (exact) mass is 240 g/mol. The predicted molar refractivity (Wildman–Crippen MR) is 80.3 cm³/mol. The maximum atomic E-state index is 2.44. The highest BCUT2D eigenvalue weighted by atomic mass is 14.1. The standard InChI is InChI=1S/C17H36/c1-7-15(4)10-11-17(6)13-12-16(5)9-8-14(2)3/h14-17H,7-13H2,1-6H3. The van der Waals surface area contributed by atoms with Crippen LogP contribution in [-0.4, -0.2) is 0 Å². The Hall–Kier alpha value is 0. The summed E-state index contributed by atoms with van der Waals surface area (Å²) < 4.78 is 0. The molecular weight excluding hydrogens is 204 g/mol.